The van der Waals surface area contributed by atoms with E-state index in [-0.39, 0.29) is 35.5 Å². The van der Waals surface area contributed by atoms with Crippen LogP contribution in [0.4, 0.5) is 0 Å². The molecule has 0 unspecified atom stereocenters. The number of nitrogens with one attached hydrogen (secondary N) is 1. The fraction of sp³-hybridized carbons (Fsp3) is 1.00. The second kappa shape index (κ2) is 15.7. The van der Waals surface area contributed by atoms with Crippen LogP contribution in [0, 0.1) is 0 Å². The Kier molecular flexibility index (Phi) is 35.3. The fourth-order valence-corrected chi connectivity index (χ4v) is 0.250. The van der Waals surface area contributed by atoms with Crippen molar-refractivity contribution in [3.8, 4) is 0 Å². The van der Waals surface area contributed by atoms with Crippen LogP contribution in [0.1, 0.15) is 13.8 Å². The predicted molar refractivity (Wildman–Crippen MR) is 30.0 cm³/mol. The molecule has 0 spiro atoms. The van der Waals surface area contributed by atoms with E-state index in [4.69, 9.17) is 0 Å². The Bertz CT molecular complexity index is 19.2. The number of hydrogen-bond acceptors (Lipinski definition) is 1. The predicted octanol–water partition coefficient (Wildman–Crippen LogP) is -2.76. The Balaban J connectivity index is -0.0000000800. The zero-order valence-electron chi connectivity index (χ0n) is 5.00. The van der Waals surface area contributed by atoms with Crippen LogP contribution in [0.2, 0.25) is 0 Å². The maximum absolute atomic E-state index is 3.11. The van der Waals surface area contributed by atoms with Gasteiger partial charge in [-0.15, -0.1) is 0 Å². The molecule has 3 heteroatoms. The van der Waals surface area contributed by atoms with E-state index in [1.165, 1.54) is 0 Å². The number of rotatable bonds is 2. The van der Waals surface area contributed by atoms with E-state index in [0.29, 0.717) is 0 Å². The minimum Gasteiger partial charge on any atom is -1.00 e. The Morgan fingerprint density at radius 1 is 1.14 bits per heavy atom. The molecule has 0 rings (SSSR count). The Labute approximate surface area is 67.8 Å². The largest absolute Gasteiger partial charge is 2.00 e. The standard InChI is InChI=1S/C4H11N.ClH.Mg/c1-3-5-4-2;;/h5H,3-4H2,1-2H3;1H;/q;;+2/p-1. The summed E-state index contributed by atoms with van der Waals surface area (Å²) in [5, 5.41) is 3.11. The molecule has 0 bridgehead atoms. The summed E-state index contributed by atoms with van der Waals surface area (Å²) in [5.74, 6) is 0. The first-order chi connectivity index (χ1) is 2.41. The van der Waals surface area contributed by atoms with Crippen LogP contribution in [-0.4, -0.2) is 36.1 Å². The Hall–Kier alpha value is 1.02. The van der Waals surface area contributed by atoms with Gasteiger partial charge in [-0.25, -0.2) is 0 Å². The van der Waals surface area contributed by atoms with Crippen LogP contribution in [0.3, 0.4) is 0 Å². The van der Waals surface area contributed by atoms with Gasteiger partial charge >= 0.3 is 23.1 Å². The average molecular weight is 133 g/mol. The first kappa shape index (κ1) is 15.7. The topological polar surface area (TPSA) is 12.0 Å². The van der Waals surface area contributed by atoms with Crippen LogP contribution >= 0.6 is 0 Å². The van der Waals surface area contributed by atoms with Crippen LogP contribution in [0.25, 0.3) is 0 Å². The molecule has 1 nitrogen and oxygen atoms in total. The van der Waals surface area contributed by atoms with Gasteiger partial charge in [0, 0.05) is 0 Å². The third-order valence-corrected chi connectivity index (χ3v) is 0.500. The summed E-state index contributed by atoms with van der Waals surface area (Å²) in [4.78, 5) is 0. The zero-order chi connectivity index (χ0) is 4.12. The Morgan fingerprint density at radius 3 is 1.43 bits per heavy atom. The van der Waals surface area contributed by atoms with Crippen LogP contribution in [0.5, 0.6) is 0 Å². The molecule has 0 saturated carbocycles. The van der Waals surface area contributed by atoms with Gasteiger partial charge in [-0.2, -0.15) is 0 Å². The van der Waals surface area contributed by atoms with Crippen LogP contribution < -0.4 is 17.7 Å². The van der Waals surface area contributed by atoms with E-state index in [2.05, 4.69) is 19.2 Å². The van der Waals surface area contributed by atoms with Crippen molar-refractivity contribution in [2.45, 2.75) is 13.8 Å². The molecule has 0 atom stereocenters. The third kappa shape index (κ3) is 19.4. The summed E-state index contributed by atoms with van der Waals surface area (Å²) in [7, 11) is 0. The van der Waals surface area contributed by atoms with Gasteiger partial charge in [0.2, 0.25) is 0 Å². The van der Waals surface area contributed by atoms with Crippen molar-refractivity contribution >= 4 is 23.1 Å². The average Bonchev–Trinajstić information content (AvgIpc) is 1.41. The minimum absolute atomic E-state index is 0. The summed E-state index contributed by atoms with van der Waals surface area (Å²) < 4.78 is 0. The summed E-state index contributed by atoms with van der Waals surface area (Å²) in [6.07, 6.45) is 0. The molecular weight excluding hydrogens is 122 g/mol. The zero-order valence-corrected chi connectivity index (χ0v) is 7.17. The molecule has 0 aliphatic heterocycles. The second-order valence-corrected chi connectivity index (χ2v) is 0.957. The van der Waals surface area contributed by atoms with Crippen molar-refractivity contribution in [3.05, 3.63) is 0 Å². The molecule has 0 aliphatic rings. The molecule has 40 valence electrons. The van der Waals surface area contributed by atoms with Gasteiger partial charge in [0.05, 0.1) is 0 Å². The first-order valence-corrected chi connectivity index (χ1v) is 2.12. The minimum atomic E-state index is 0. The van der Waals surface area contributed by atoms with Crippen LogP contribution in [0.15, 0.2) is 0 Å². The number of halogens is 1. The summed E-state index contributed by atoms with van der Waals surface area (Å²) in [6.45, 7) is 6.39. The smallest absolute Gasteiger partial charge is 1.00 e. The molecule has 7 heavy (non-hydrogen) atoms. The number of hydrogen-bond donors (Lipinski definition) is 1. The van der Waals surface area contributed by atoms with Gasteiger partial charge in [0.15, 0.2) is 0 Å². The van der Waals surface area contributed by atoms with Crippen molar-refractivity contribution in [1.82, 2.24) is 5.32 Å². The van der Waals surface area contributed by atoms with E-state index < -0.39 is 0 Å². The molecule has 0 heterocycles. The van der Waals surface area contributed by atoms with Gasteiger partial charge in [-0.05, 0) is 13.1 Å². The quantitative estimate of drug-likeness (QED) is 0.402. The molecule has 0 aliphatic carbocycles. The van der Waals surface area contributed by atoms with Crippen molar-refractivity contribution in [2.75, 3.05) is 13.1 Å². The van der Waals surface area contributed by atoms with E-state index in [0.717, 1.165) is 13.1 Å². The normalized spacial score (nSPS) is 6.00. The molecule has 0 radical (unpaired) electrons. The molecule has 0 fully saturated rings. The van der Waals surface area contributed by atoms with Crippen LogP contribution in [-0.2, 0) is 0 Å². The molecule has 0 amide bonds. The summed E-state index contributed by atoms with van der Waals surface area (Å²) in [6, 6.07) is 0. The summed E-state index contributed by atoms with van der Waals surface area (Å²) in [5.41, 5.74) is 0. The van der Waals surface area contributed by atoms with Gasteiger partial charge < -0.3 is 17.7 Å². The van der Waals surface area contributed by atoms with Crippen molar-refractivity contribution < 1.29 is 12.4 Å². The van der Waals surface area contributed by atoms with Gasteiger partial charge in [0.25, 0.3) is 0 Å². The monoisotopic (exact) mass is 132 g/mol. The van der Waals surface area contributed by atoms with E-state index in [1.807, 2.05) is 0 Å². The Morgan fingerprint density at radius 2 is 1.43 bits per heavy atom. The third-order valence-electron chi connectivity index (χ3n) is 0.500. The van der Waals surface area contributed by atoms with E-state index >= 15 is 0 Å². The molecule has 0 aromatic rings. The SMILES string of the molecule is CCNCC.[Cl-].[Mg+2]. The molecule has 1 N–H and O–H groups in total. The van der Waals surface area contributed by atoms with E-state index in [1.54, 1.807) is 0 Å². The summed E-state index contributed by atoms with van der Waals surface area (Å²) >= 11 is 0. The molecule has 0 aromatic heterocycles. The van der Waals surface area contributed by atoms with Crippen molar-refractivity contribution in [2.24, 2.45) is 0 Å². The molecule has 0 aromatic carbocycles. The van der Waals surface area contributed by atoms with Crippen molar-refractivity contribution in [3.63, 3.8) is 0 Å². The van der Waals surface area contributed by atoms with Gasteiger partial charge in [0.1, 0.15) is 0 Å². The molecular formula is C4H11ClMgN+. The maximum atomic E-state index is 3.11. The molecule has 0 saturated heterocycles. The maximum Gasteiger partial charge on any atom is 2.00 e. The first-order valence-electron chi connectivity index (χ1n) is 2.12. The fourth-order valence-electron chi connectivity index (χ4n) is 0.250. The van der Waals surface area contributed by atoms with Gasteiger partial charge in [-0.1, -0.05) is 13.8 Å². The van der Waals surface area contributed by atoms with Crippen molar-refractivity contribution in [1.29, 1.82) is 0 Å². The van der Waals surface area contributed by atoms with Gasteiger partial charge in [-0.3, -0.25) is 0 Å². The van der Waals surface area contributed by atoms with E-state index in [9.17, 15) is 0 Å². The second-order valence-electron chi connectivity index (χ2n) is 0.957.